The van der Waals surface area contributed by atoms with Crippen molar-refractivity contribution in [2.24, 2.45) is 5.92 Å². The van der Waals surface area contributed by atoms with Crippen molar-refractivity contribution in [2.75, 3.05) is 6.61 Å². The molecule has 0 aromatic rings. The molecule has 2 heterocycles. The highest BCUT2D eigenvalue weighted by Gasteiger charge is 2.56. The predicted molar refractivity (Wildman–Crippen MR) is 54.4 cm³/mol. The summed E-state index contributed by atoms with van der Waals surface area (Å²) < 4.78 is 11.6. The summed E-state index contributed by atoms with van der Waals surface area (Å²) in [5, 5.41) is 0. The van der Waals surface area contributed by atoms with Gasteiger partial charge < -0.3 is 9.47 Å². The summed E-state index contributed by atoms with van der Waals surface area (Å²) in [5.74, 6) is -0.443. The number of hydrogen-bond donors (Lipinski definition) is 0. The fraction of sp³-hybridized carbons (Fsp3) is 0.917. The Morgan fingerprint density at radius 3 is 2.73 bits per heavy atom. The number of Topliss-reactive ketones (excluding diaryl/α,β-unsaturated/α-hetero) is 1. The van der Waals surface area contributed by atoms with Gasteiger partial charge >= 0.3 is 0 Å². The number of hydrogen-bond acceptors (Lipinski definition) is 3. The summed E-state index contributed by atoms with van der Waals surface area (Å²) in [4.78, 5) is 12.3. The minimum absolute atomic E-state index is 0.136. The fourth-order valence-corrected chi connectivity index (χ4v) is 3.18. The molecule has 3 aliphatic rings. The van der Waals surface area contributed by atoms with Crippen molar-refractivity contribution in [3.05, 3.63) is 0 Å². The van der Waals surface area contributed by atoms with Gasteiger partial charge in [0.2, 0.25) is 5.79 Å². The van der Waals surface area contributed by atoms with Crippen LogP contribution < -0.4 is 0 Å². The van der Waals surface area contributed by atoms with Crippen LogP contribution in [0, 0.1) is 5.92 Å². The lowest BCUT2D eigenvalue weighted by molar-refractivity contribution is -0.237. The number of ether oxygens (including phenoxy) is 2. The largest absolute Gasteiger partial charge is 0.344 e. The van der Waals surface area contributed by atoms with Gasteiger partial charge in [0.1, 0.15) is 0 Å². The van der Waals surface area contributed by atoms with Crippen LogP contribution in [-0.4, -0.2) is 24.3 Å². The Labute approximate surface area is 90.1 Å². The van der Waals surface area contributed by atoms with E-state index in [2.05, 4.69) is 0 Å². The quantitative estimate of drug-likeness (QED) is 0.613. The van der Waals surface area contributed by atoms with Crippen molar-refractivity contribution < 1.29 is 14.3 Å². The zero-order valence-electron chi connectivity index (χ0n) is 9.04. The van der Waals surface area contributed by atoms with E-state index in [0.29, 0.717) is 6.61 Å². The summed E-state index contributed by atoms with van der Waals surface area (Å²) in [5.41, 5.74) is 0. The monoisotopic (exact) mass is 210 g/mol. The van der Waals surface area contributed by atoms with Crippen LogP contribution in [0.5, 0.6) is 0 Å². The Morgan fingerprint density at radius 2 is 2.00 bits per heavy atom. The minimum Gasteiger partial charge on any atom is -0.344 e. The van der Waals surface area contributed by atoms with Gasteiger partial charge in [0.25, 0.3) is 0 Å². The van der Waals surface area contributed by atoms with Gasteiger partial charge in [-0.3, -0.25) is 4.79 Å². The van der Waals surface area contributed by atoms with E-state index in [1.54, 1.807) is 0 Å². The van der Waals surface area contributed by atoms with Crippen LogP contribution in [0.25, 0.3) is 0 Å². The molecule has 3 atom stereocenters. The van der Waals surface area contributed by atoms with Gasteiger partial charge in [-0.1, -0.05) is 12.8 Å². The van der Waals surface area contributed by atoms with E-state index < -0.39 is 5.79 Å². The smallest absolute Gasteiger partial charge is 0.229 e. The molecule has 84 valence electrons. The SMILES string of the molecule is O=C1[C@H]2CCCC[C@H]2O[C@@]12CCCCO2. The first-order chi connectivity index (χ1) is 7.32. The molecule has 2 saturated heterocycles. The van der Waals surface area contributed by atoms with Crippen molar-refractivity contribution >= 4 is 5.78 Å². The zero-order valence-corrected chi connectivity index (χ0v) is 9.04. The van der Waals surface area contributed by atoms with Crippen molar-refractivity contribution in [2.45, 2.75) is 56.8 Å². The Kier molecular flexibility index (Phi) is 2.33. The van der Waals surface area contributed by atoms with Gasteiger partial charge in [0, 0.05) is 12.3 Å². The fourth-order valence-electron chi connectivity index (χ4n) is 3.18. The van der Waals surface area contributed by atoms with E-state index in [-0.39, 0.29) is 17.8 Å². The summed E-state index contributed by atoms with van der Waals surface area (Å²) in [6, 6.07) is 0. The van der Waals surface area contributed by atoms with E-state index in [4.69, 9.17) is 9.47 Å². The van der Waals surface area contributed by atoms with Gasteiger partial charge in [-0.15, -0.1) is 0 Å². The Bertz CT molecular complexity index is 268. The third kappa shape index (κ3) is 1.44. The molecule has 0 N–H and O–H groups in total. The molecule has 2 aliphatic heterocycles. The van der Waals surface area contributed by atoms with Crippen LogP contribution in [0.2, 0.25) is 0 Å². The van der Waals surface area contributed by atoms with Gasteiger partial charge in [-0.05, 0) is 25.7 Å². The highest BCUT2D eigenvalue weighted by atomic mass is 16.7. The van der Waals surface area contributed by atoms with Gasteiger partial charge in [0.15, 0.2) is 5.78 Å². The Balaban J connectivity index is 1.83. The molecule has 15 heavy (non-hydrogen) atoms. The first-order valence-electron chi connectivity index (χ1n) is 6.18. The topological polar surface area (TPSA) is 35.5 Å². The number of rotatable bonds is 0. The maximum absolute atomic E-state index is 12.3. The standard InChI is InChI=1S/C12H18O3/c13-11-9-5-1-2-6-10(9)15-12(11)7-3-4-8-14-12/h9-10H,1-8H2/t9-,10+,12-/m0/s1. The molecule has 0 aromatic heterocycles. The molecule has 0 bridgehead atoms. The third-order valence-electron chi connectivity index (χ3n) is 3.99. The first-order valence-corrected chi connectivity index (χ1v) is 6.18. The lowest BCUT2D eigenvalue weighted by Gasteiger charge is -2.31. The molecule has 1 saturated carbocycles. The second-order valence-electron chi connectivity index (χ2n) is 4.97. The van der Waals surface area contributed by atoms with E-state index >= 15 is 0 Å². The lowest BCUT2D eigenvalue weighted by Crippen LogP contribution is -2.43. The van der Waals surface area contributed by atoms with Gasteiger partial charge in [-0.2, -0.15) is 0 Å². The molecule has 3 fully saturated rings. The number of fused-ring (bicyclic) bond motifs is 1. The Hall–Kier alpha value is -0.410. The number of carbonyl (C=O) groups excluding carboxylic acids is 1. The molecule has 0 amide bonds. The lowest BCUT2D eigenvalue weighted by atomic mass is 9.83. The van der Waals surface area contributed by atoms with Crippen molar-refractivity contribution in [1.82, 2.24) is 0 Å². The molecule has 0 radical (unpaired) electrons. The summed E-state index contributed by atoms with van der Waals surface area (Å²) >= 11 is 0. The van der Waals surface area contributed by atoms with Crippen LogP contribution in [-0.2, 0) is 14.3 Å². The molecule has 1 aliphatic carbocycles. The third-order valence-corrected chi connectivity index (χ3v) is 3.99. The Morgan fingerprint density at radius 1 is 1.13 bits per heavy atom. The second kappa shape index (κ2) is 3.56. The molecule has 0 unspecified atom stereocenters. The average molecular weight is 210 g/mol. The molecule has 3 nitrogen and oxygen atoms in total. The number of carbonyl (C=O) groups is 1. The first kappa shape index (κ1) is 9.79. The molecule has 0 aromatic carbocycles. The molecular weight excluding hydrogens is 192 g/mol. The molecular formula is C12H18O3. The molecule has 3 rings (SSSR count). The van der Waals surface area contributed by atoms with Crippen LogP contribution >= 0.6 is 0 Å². The molecule has 1 spiro atoms. The maximum Gasteiger partial charge on any atom is 0.229 e. The van der Waals surface area contributed by atoms with E-state index in [0.717, 1.165) is 32.1 Å². The summed E-state index contributed by atoms with van der Waals surface area (Å²) in [6.07, 6.45) is 7.48. The van der Waals surface area contributed by atoms with E-state index in [1.165, 1.54) is 12.8 Å². The summed E-state index contributed by atoms with van der Waals surface area (Å²) in [6.45, 7) is 0.686. The van der Waals surface area contributed by atoms with Crippen LogP contribution in [0.1, 0.15) is 44.9 Å². The normalized spacial score (nSPS) is 45.7. The van der Waals surface area contributed by atoms with Crippen LogP contribution in [0.15, 0.2) is 0 Å². The van der Waals surface area contributed by atoms with E-state index in [9.17, 15) is 4.79 Å². The van der Waals surface area contributed by atoms with E-state index in [1.807, 2.05) is 0 Å². The van der Waals surface area contributed by atoms with Crippen molar-refractivity contribution in [1.29, 1.82) is 0 Å². The average Bonchev–Trinajstić information content (AvgIpc) is 2.54. The van der Waals surface area contributed by atoms with Gasteiger partial charge in [-0.25, -0.2) is 0 Å². The highest BCUT2D eigenvalue weighted by molar-refractivity contribution is 5.90. The maximum atomic E-state index is 12.3. The second-order valence-corrected chi connectivity index (χ2v) is 4.97. The zero-order chi connectivity index (χ0) is 10.3. The summed E-state index contributed by atoms with van der Waals surface area (Å²) in [7, 11) is 0. The minimum atomic E-state index is -0.822. The molecule has 3 heteroatoms. The van der Waals surface area contributed by atoms with Crippen LogP contribution in [0.3, 0.4) is 0 Å². The van der Waals surface area contributed by atoms with Crippen molar-refractivity contribution in [3.8, 4) is 0 Å². The van der Waals surface area contributed by atoms with Crippen molar-refractivity contribution in [3.63, 3.8) is 0 Å². The predicted octanol–water partition coefficient (Wildman–Crippen LogP) is 2.04. The highest BCUT2D eigenvalue weighted by Crippen LogP contribution is 2.44. The number of ketones is 1. The van der Waals surface area contributed by atoms with Crippen LogP contribution in [0.4, 0.5) is 0 Å². The van der Waals surface area contributed by atoms with Gasteiger partial charge in [0.05, 0.1) is 12.7 Å².